The maximum absolute atomic E-state index is 13.2. The van der Waals surface area contributed by atoms with Crippen LogP contribution in [0.25, 0.3) is 5.57 Å². The number of aryl methyl sites for hydroxylation is 1. The molecular formula is C29H25F6N3O3. The summed E-state index contributed by atoms with van der Waals surface area (Å²) in [6, 6.07) is 9.78. The molecule has 1 aliphatic carbocycles. The van der Waals surface area contributed by atoms with E-state index in [-0.39, 0.29) is 29.8 Å². The number of carbonyl (C=O) groups is 1. The second-order valence-electron chi connectivity index (χ2n) is 10.4. The van der Waals surface area contributed by atoms with E-state index in [0.717, 1.165) is 12.1 Å². The first-order chi connectivity index (χ1) is 19.2. The van der Waals surface area contributed by atoms with E-state index in [0.29, 0.717) is 48.8 Å². The number of allylic oxidation sites excluding steroid dienone is 1. The highest BCUT2D eigenvalue weighted by atomic mass is 19.4. The Morgan fingerprint density at radius 2 is 1.78 bits per heavy atom. The summed E-state index contributed by atoms with van der Waals surface area (Å²) in [4.78, 5) is 35.0. The van der Waals surface area contributed by atoms with Crippen molar-refractivity contribution in [1.82, 2.24) is 14.9 Å². The lowest BCUT2D eigenvalue weighted by Crippen LogP contribution is -2.36. The smallest absolute Gasteiger partial charge is 0.378 e. The number of fused-ring (bicyclic) bond motifs is 1. The van der Waals surface area contributed by atoms with Gasteiger partial charge in [0.05, 0.1) is 34.4 Å². The monoisotopic (exact) mass is 577 g/mol. The fraction of sp³-hybridized carbons (Fsp3) is 0.345. The molecule has 0 spiro atoms. The van der Waals surface area contributed by atoms with E-state index < -0.39 is 46.5 Å². The van der Waals surface area contributed by atoms with E-state index in [1.807, 2.05) is 0 Å². The number of alkyl halides is 6. The molecule has 1 saturated carbocycles. The van der Waals surface area contributed by atoms with Crippen molar-refractivity contribution in [2.75, 3.05) is 6.54 Å². The average molecular weight is 578 g/mol. The third-order valence-corrected chi connectivity index (χ3v) is 7.68. The van der Waals surface area contributed by atoms with Crippen LogP contribution in [0.2, 0.25) is 0 Å². The van der Waals surface area contributed by atoms with Crippen molar-refractivity contribution in [2.24, 2.45) is 0 Å². The number of rotatable bonds is 5. The SMILES string of the molecule is C=C(c1cccc(C2(c3nc4c(c(=O)[nH]3)CN(C(=O)[C@H](O)c3cccc(C(F)(F)F)c3)CCC4)CC2)c1)C(F)(F)F. The second kappa shape index (κ2) is 10.2. The van der Waals surface area contributed by atoms with Crippen molar-refractivity contribution >= 4 is 11.5 Å². The molecule has 41 heavy (non-hydrogen) atoms. The van der Waals surface area contributed by atoms with Crippen LogP contribution in [0, 0.1) is 0 Å². The minimum atomic E-state index is -4.65. The molecule has 5 rings (SSSR count). The number of H-pyrrole nitrogens is 1. The van der Waals surface area contributed by atoms with Crippen LogP contribution in [0.3, 0.4) is 0 Å². The lowest BCUT2D eigenvalue weighted by atomic mass is 9.91. The summed E-state index contributed by atoms with van der Waals surface area (Å²) in [6.07, 6.45) is -9.30. The maximum atomic E-state index is 13.2. The van der Waals surface area contributed by atoms with Gasteiger partial charge in [-0.25, -0.2) is 4.98 Å². The Kier molecular flexibility index (Phi) is 7.09. The molecule has 2 aliphatic rings. The molecule has 2 N–H and O–H groups in total. The predicted molar refractivity (Wildman–Crippen MR) is 137 cm³/mol. The maximum Gasteiger partial charge on any atom is 0.416 e. The first-order valence-corrected chi connectivity index (χ1v) is 12.8. The van der Waals surface area contributed by atoms with Crippen molar-refractivity contribution in [3.8, 4) is 0 Å². The Balaban J connectivity index is 1.41. The Morgan fingerprint density at radius 1 is 1.07 bits per heavy atom. The van der Waals surface area contributed by atoms with E-state index in [1.54, 1.807) is 6.07 Å². The van der Waals surface area contributed by atoms with Gasteiger partial charge in [0.15, 0.2) is 6.10 Å². The largest absolute Gasteiger partial charge is 0.416 e. The first kappa shape index (κ1) is 28.6. The quantitative estimate of drug-likeness (QED) is 0.395. The summed E-state index contributed by atoms with van der Waals surface area (Å²) in [6.45, 7) is 3.09. The van der Waals surface area contributed by atoms with Gasteiger partial charge in [-0.05, 0) is 54.5 Å². The standard InChI is InChI=1S/C29H25F6N3O3/c1-16(28(30,31)32)17-5-2-7-19(13-17)27(10-11-27)26-36-22-9-4-12-38(15-21(22)24(40)37-26)25(41)23(39)18-6-3-8-20(14-18)29(33,34)35/h2-3,5-8,13-14,23,39H,1,4,9-12,15H2,(H,36,37,40)/t23-/m1/s1. The van der Waals surface area contributed by atoms with Gasteiger partial charge in [-0.15, -0.1) is 0 Å². The molecule has 0 radical (unpaired) electrons. The molecule has 2 heterocycles. The Hall–Kier alpha value is -3.93. The fourth-order valence-electron chi connectivity index (χ4n) is 5.19. The Labute approximate surface area is 230 Å². The van der Waals surface area contributed by atoms with Crippen LogP contribution < -0.4 is 5.56 Å². The van der Waals surface area contributed by atoms with E-state index in [1.165, 1.54) is 29.2 Å². The van der Waals surface area contributed by atoms with Gasteiger partial charge in [0.25, 0.3) is 11.5 Å². The number of aliphatic hydroxyl groups excluding tert-OH is 1. The Morgan fingerprint density at radius 3 is 2.44 bits per heavy atom. The molecule has 3 aromatic rings. The Bertz CT molecular complexity index is 1570. The molecule has 1 fully saturated rings. The zero-order valence-corrected chi connectivity index (χ0v) is 21.6. The minimum Gasteiger partial charge on any atom is -0.378 e. The van der Waals surface area contributed by atoms with Crippen LogP contribution in [0.4, 0.5) is 26.3 Å². The van der Waals surface area contributed by atoms with Gasteiger partial charge in [-0.2, -0.15) is 26.3 Å². The molecular weight excluding hydrogens is 552 g/mol. The summed E-state index contributed by atoms with van der Waals surface area (Å²) >= 11 is 0. The minimum absolute atomic E-state index is 0.0770. The molecule has 0 unspecified atom stereocenters. The number of carbonyl (C=O) groups excluding carboxylic acids is 1. The molecule has 1 aliphatic heterocycles. The van der Waals surface area contributed by atoms with E-state index in [2.05, 4.69) is 16.5 Å². The molecule has 0 bridgehead atoms. The summed E-state index contributed by atoms with van der Waals surface area (Å²) in [5.74, 6) is -0.527. The molecule has 12 heteroatoms. The number of amides is 1. The van der Waals surface area contributed by atoms with E-state index in [4.69, 9.17) is 0 Å². The van der Waals surface area contributed by atoms with Crippen LogP contribution >= 0.6 is 0 Å². The van der Waals surface area contributed by atoms with E-state index in [9.17, 15) is 41.0 Å². The van der Waals surface area contributed by atoms with Gasteiger partial charge in [-0.3, -0.25) is 9.59 Å². The lowest BCUT2D eigenvalue weighted by molar-refractivity contribution is -0.142. The van der Waals surface area contributed by atoms with E-state index >= 15 is 0 Å². The average Bonchev–Trinajstić information content (AvgIpc) is 3.76. The molecule has 216 valence electrons. The number of aromatic nitrogens is 2. The highest BCUT2D eigenvalue weighted by molar-refractivity contribution is 5.82. The van der Waals surface area contributed by atoms with Gasteiger partial charge < -0.3 is 15.0 Å². The number of benzene rings is 2. The number of aliphatic hydroxyl groups is 1. The van der Waals surface area contributed by atoms with Crippen LogP contribution in [0.15, 0.2) is 59.9 Å². The molecule has 1 amide bonds. The summed E-state index contributed by atoms with van der Waals surface area (Å²) in [7, 11) is 0. The number of hydrogen-bond acceptors (Lipinski definition) is 4. The predicted octanol–water partition coefficient (Wildman–Crippen LogP) is 5.45. The van der Waals surface area contributed by atoms with Crippen molar-refractivity contribution in [2.45, 2.75) is 56.1 Å². The topological polar surface area (TPSA) is 86.3 Å². The van der Waals surface area contributed by atoms with Crippen molar-refractivity contribution < 1.29 is 36.2 Å². The van der Waals surface area contributed by atoms with Crippen LogP contribution in [0.1, 0.15) is 64.7 Å². The van der Waals surface area contributed by atoms with Crippen LogP contribution in [-0.2, 0) is 29.4 Å². The molecule has 6 nitrogen and oxygen atoms in total. The van der Waals surface area contributed by atoms with Gasteiger partial charge in [0.1, 0.15) is 5.82 Å². The highest BCUT2D eigenvalue weighted by Gasteiger charge is 2.49. The van der Waals surface area contributed by atoms with Crippen molar-refractivity contribution in [3.05, 3.63) is 105 Å². The summed E-state index contributed by atoms with van der Waals surface area (Å²) < 4.78 is 79.0. The number of nitrogens with one attached hydrogen (secondary N) is 1. The van der Waals surface area contributed by atoms with Crippen molar-refractivity contribution in [1.29, 1.82) is 0 Å². The second-order valence-corrected chi connectivity index (χ2v) is 10.4. The number of nitrogens with zero attached hydrogens (tertiary/aromatic N) is 2. The number of hydrogen-bond donors (Lipinski definition) is 2. The highest BCUT2D eigenvalue weighted by Crippen LogP contribution is 2.52. The van der Waals surface area contributed by atoms with Gasteiger partial charge in [-0.1, -0.05) is 43.0 Å². The fourth-order valence-corrected chi connectivity index (χ4v) is 5.19. The summed E-state index contributed by atoms with van der Waals surface area (Å²) in [5, 5.41) is 10.6. The third-order valence-electron chi connectivity index (χ3n) is 7.68. The van der Waals surface area contributed by atoms with Crippen molar-refractivity contribution in [3.63, 3.8) is 0 Å². The normalized spacial score (nSPS) is 17.4. The third kappa shape index (κ3) is 5.52. The van der Waals surface area contributed by atoms with Crippen LogP contribution in [0.5, 0.6) is 0 Å². The molecule has 1 aromatic heterocycles. The lowest BCUT2D eigenvalue weighted by Gasteiger charge is -2.24. The molecule has 1 atom stereocenters. The molecule has 0 saturated heterocycles. The zero-order chi connectivity index (χ0) is 29.7. The number of halogens is 6. The van der Waals surface area contributed by atoms with Gasteiger partial charge in [0, 0.05) is 6.54 Å². The first-order valence-electron chi connectivity index (χ1n) is 12.8. The van der Waals surface area contributed by atoms with Gasteiger partial charge >= 0.3 is 12.4 Å². The number of aromatic amines is 1. The van der Waals surface area contributed by atoms with Gasteiger partial charge in [0.2, 0.25) is 0 Å². The zero-order valence-electron chi connectivity index (χ0n) is 21.6. The van der Waals surface area contributed by atoms with Crippen LogP contribution in [-0.4, -0.2) is 38.6 Å². The molecule has 2 aromatic carbocycles. The summed E-state index contributed by atoms with van der Waals surface area (Å²) in [5.41, 5.74) is -2.39.